The molecule has 9 aliphatic carbocycles. The quantitative estimate of drug-likeness (QED) is 0.0485. The number of Topliss-reactive ketones (excluding diaryl/α,β-unsaturated/α-hetero) is 7. The summed E-state index contributed by atoms with van der Waals surface area (Å²) in [4.78, 5) is 142. The van der Waals surface area contributed by atoms with Gasteiger partial charge >= 0.3 is 0 Å². The molecule has 0 spiro atoms. The number of pyridine rings is 1. The minimum atomic E-state index is -2.72. The van der Waals surface area contributed by atoms with E-state index in [1.54, 1.807) is 70.8 Å². The summed E-state index contributed by atoms with van der Waals surface area (Å²) >= 11 is 0. The third kappa shape index (κ3) is 13.4. The molecule has 9 aliphatic rings. The SMILES string of the molecule is CC(C)NCc1ccc(-c2ccc(O)c3c2C[C@H]2C[C@H]4[C@@H](N(C)C)C(=O)C(C(N)=O)=C(O)[C@@]4(O)C(=O)C2=C3O)o1.CN(C)[C@H]1C(=O)C(C(N)=O)=C(O)[C@@]2(O)C(=O)C3=C(O)c4c(O)ccc(C(=O)Cc5ccccn5)c4C[C@H]3C[C@@H]12.CN(C)c1ccc(-c2cc(CN)c(O)c3c2C[C@H]2C[C@H]4[C@@H](N(C)C)C(=O)C(C(N)=O)=C(O)[C@@]4(O)C(=O)C2=C3O)cc1. The molecule has 21 N–H and O–H groups in total. The molecule has 12 atom stereocenters. The summed E-state index contributed by atoms with van der Waals surface area (Å²) in [7, 11) is 13.2. The number of phenolic OH excluding ortho intramolecular Hbond substituents is 3. The number of fused-ring (bicyclic) bond motifs is 9. The van der Waals surface area contributed by atoms with E-state index in [4.69, 9.17) is 27.4 Å². The van der Waals surface area contributed by atoms with Crippen LogP contribution < -0.4 is 33.2 Å². The zero-order valence-electron chi connectivity index (χ0n) is 67.2. The van der Waals surface area contributed by atoms with Gasteiger partial charge in [-0.3, -0.25) is 67.6 Å². The molecule has 0 saturated heterocycles. The summed E-state index contributed by atoms with van der Waals surface area (Å²) in [5.41, 5.74) is 16.3. The average Bonchev–Trinajstić information content (AvgIpc) is 1.81. The van der Waals surface area contributed by atoms with E-state index in [0.717, 1.165) is 11.3 Å². The van der Waals surface area contributed by atoms with Gasteiger partial charge in [0.25, 0.3) is 17.7 Å². The van der Waals surface area contributed by atoms with Crippen molar-refractivity contribution < 1.29 is 114 Å². The molecule has 2 aromatic heterocycles. The van der Waals surface area contributed by atoms with Gasteiger partial charge in [-0.25, -0.2) is 0 Å². The maximum absolute atomic E-state index is 14.1. The number of phenols is 3. The Morgan fingerprint density at radius 1 is 0.525 bits per heavy atom. The molecule has 0 aliphatic heterocycles. The Morgan fingerprint density at radius 3 is 1.34 bits per heavy atom. The van der Waals surface area contributed by atoms with Crippen molar-refractivity contribution in [3.05, 3.63) is 198 Å². The number of carbonyl (C=O) groups is 10. The number of benzene rings is 4. The number of nitrogens with two attached hydrogens (primary N) is 4. The highest BCUT2D eigenvalue weighted by molar-refractivity contribution is 6.27. The van der Waals surface area contributed by atoms with Gasteiger partial charge in [-0.05, 0) is 193 Å². The Hall–Kier alpha value is -12.5. The largest absolute Gasteiger partial charge is 0.508 e. The van der Waals surface area contributed by atoms with Gasteiger partial charge < -0.3 is 98.8 Å². The van der Waals surface area contributed by atoms with E-state index in [0.29, 0.717) is 57.1 Å². The van der Waals surface area contributed by atoms with E-state index < -0.39 is 174 Å². The normalized spacial score (nSPS) is 26.1. The Bertz CT molecular complexity index is 5650. The number of aromatic nitrogens is 1. The summed E-state index contributed by atoms with van der Waals surface area (Å²) in [5.74, 6) is -20.2. The van der Waals surface area contributed by atoms with E-state index in [2.05, 4.69) is 10.3 Å². The van der Waals surface area contributed by atoms with Crippen molar-refractivity contribution in [3.8, 4) is 39.7 Å². The van der Waals surface area contributed by atoms with Crippen LogP contribution in [0, 0.1) is 35.5 Å². The number of carbonyl (C=O) groups excluding carboxylic acids is 10. The van der Waals surface area contributed by atoms with Gasteiger partial charge in [-0.15, -0.1) is 0 Å². The fraction of sp³-hybridized carbons (Fsp3) is 0.368. The molecule has 630 valence electrons. The summed E-state index contributed by atoms with van der Waals surface area (Å²) in [6.07, 6.45) is 1.91. The van der Waals surface area contributed by atoms with Crippen LogP contribution in [-0.4, -0.2) is 237 Å². The fourth-order valence-corrected chi connectivity index (χ4v) is 19.4. The molecule has 0 bridgehead atoms. The molecule has 0 unspecified atom stereocenters. The molecule has 15 rings (SSSR count). The Kier molecular flexibility index (Phi) is 22.3. The predicted molar refractivity (Wildman–Crippen MR) is 432 cm³/mol. The van der Waals surface area contributed by atoms with Crippen molar-refractivity contribution in [2.45, 2.75) is 113 Å². The topological polar surface area (TPSA) is 569 Å². The number of anilines is 1. The Labute approximate surface area is 686 Å². The molecule has 0 radical (unpaired) electrons. The first-order chi connectivity index (χ1) is 56.4. The number of ketones is 7. The number of hydrogen-bond donors (Lipinski definition) is 17. The molecule has 120 heavy (non-hydrogen) atoms. The van der Waals surface area contributed by atoms with Crippen LogP contribution in [-0.2, 0) is 81.9 Å². The number of hydrogen-bond acceptors (Lipinski definition) is 30. The van der Waals surface area contributed by atoms with E-state index in [-0.39, 0.29) is 120 Å². The molecule has 3 fully saturated rings. The lowest BCUT2D eigenvalue weighted by Crippen LogP contribution is -2.65. The second kappa shape index (κ2) is 31.4. The maximum Gasteiger partial charge on any atom is 0.255 e. The molecular weight excluding hydrogens is 1550 g/mol. The molecule has 4 aromatic carbocycles. The number of primary amides is 3. The van der Waals surface area contributed by atoms with Crippen LogP contribution >= 0.6 is 0 Å². The fourth-order valence-electron chi connectivity index (χ4n) is 19.4. The summed E-state index contributed by atoms with van der Waals surface area (Å²) < 4.78 is 6.05. The number of likely N-dealkylation sites (N-methyl/N-ethyl adjacent to an activating group) is 3. The van der Waals surface area contributed by atoms with Gasteiger partial charge in [0.2, 0.25) is 17.3 Å². The molecule has 6 aromatic rings. The Morgan fingerprint density at radius 2 is 0.942 bits per heavy atom. The van der Waals surface area contributed by atoms with Crippen molar-refractivity contribution in [2.75, 3.05) is 61.3 Å². The molecule has 33 nitrogen and oxygen atoms in total. The van der Waals surface area contributed by atoms with Crippen LogP contribution in [0.1, 0.15) is 93.9 Å². The highest BCUT2D eigenvalue weighted by Gasteiger charge is 2.68. The number of aliphatic hydroxyl groups is 9. The summed E-state index contributed by atoms with van der Waals surface area (Å²) in [5, 5.41) is 138. The molecule has 2 heterocycles. The first-order valence-corrected chi connectivity index (χ1v) is 38.7. The lowest BCUT2D eigenvalue weighted by atomic mass is 9.57. The number of nitrogens with zero attached hydrogens (tertiary/aromatic N) is 5. The van der Waals surface area contributed by atoms with Crippen molar-refractivity contribution in [1.82, 2.24) is 25.0 Å². The van der Waals surface area contributed by atoms with Gasteiger partial charge in [0.05, 0.1) is 47.8 Å². The van der Waals surface area contributed by atoms with Crippen molar-refractivity contribution in [3.63, 3.8) is 0 Å². The van der Waals surface area contributed by atoms with E-state index in [9.17, 15) is 109 Å². The first kappa shape index (κ1) is 85.4. The second-order valence-corrected chi connectivity index (χ2v) is 33.0. The Balaban J connectivity index is 0.000000156. The van der Waals surface area contributed by atoms with E-state index >= 15 is 0 Å². The number of nitrogens with one attached hydrogen (secondary N) is 1. The smallest absolute Gasteiger partial charge is 0.255 e. The second-order valence-electron chi connectivity index (χ2n) is 33.0. The van der Waals surface area contributed by atoms with Crippen LogP contribution in [0.5, 0.6) is 17.2 Å². The van der Waals surface area contributed by atoms with Gasteiger partial charge in [0.15, 0.2) is 39.9 Å². The average molecular weight is 1650 g/mol. The van der Waals surface area contributed by atoms with Gasteiger partial charge in [0, 0.05) is 95.4 Å². The van der Waals surface area contributed by atoms with Crippen LogP contribution in [0.2, 0.25) is 0 Å². The van der Waals surface area contributed by atoms with Crippen molar-refractivity contribution >= 4 is 81.2 Å². The molecule has 33 heteroatoms. The number of furan rings is 1. The van der Waals surface area contributed by atoms with E-state index in [1.165, 1.54) is 47.0 Å². The zero-order chi connectivity index (χ0) is 87.8. The standard InChI is InChI=1S/C30H34N4O7.C29H33N3O8.C28H27N3O8/c1-33(2)16-7-5-13(6-8-16)17-10-15(12-31)24(35)21-18(17)9-14-11-19-23(34(3)4)26(37)22(29(32)40)28(39)30(19,41)27(38)20(14)25(21)36;1-12(2)31-11-14-5-8-19(40-14)15-6-7-18(33)21-16(15)9-13-10-17-23(32(3)4)25(35)22(28(30)38)27(37)29(17,39)26(36)20(13)24(21)34;1-31(2)22-16-10-12-9-15-14(18(33)11-13-5-3-4-8-30-13)6-7-17(32)20(15)23(34)19(12)25(36)28(16,39)26(37)21(24(22)35)27(29)38/h5-8,10,14,19,23,35-36,39,41H,9,11-12,31H2,1-4H3,(H2,32,40);5-8,12-13,17,23,31,33-34,37,39H,9-11H2,1-4H3,(H2,30,38);3-8,12,16,22,32,34,37,39H,9-11H2,1-2H3,(H2,29,38)/t14-,19-,23+,30-;13-,17-,23+,29-;12-,16-,22+,28-/m000/s1. The minimum absolute atomic E-state index is 0.0164. The number of aliphatic hydroxyl groups excluding tert-OH is 6. The molecule has 3 saturated carbocycles. The third-order valence-electron chi connectivity index (χ3n) is 24.9. The highest BCUT2D eigenvalue weighted by atomic mass is 16.4. The minimum Gasteiger partial charge on any atom is -0.508 e. The number of rotatable bonds is 16. The number of aromatic hydroxyl groups is 3. The summed E-state index contributed by atoms with van der Waals surface area (Å²) in [6.45, 7) is 4.50. The first-order valence-electron chi connectivity index (χ1n) is 38.7. The van der Waals surface area contributed by atoms with Crippen LogP contribution in [0.4, 0.5) is 5.69 Å². The van der Waals surface area contributed by atoms with Crippen molar-refractivity contribution in [2.24, 2.45) is 58.4 Å². The van der Waals surface area contributed by atoms with E-state index in [1.807, 2.05) is 63.2 Å². The van der Waals surface area contributed by atoms with Gasteiger partial charge in [0.1, 0.15) is 80.0 Å². The number of amides is 3. The van der Waals surface area contributed by atoms with Gasteiger partial charge in [-0.2, -0.15) is 0 Å². The van der Waals surface area contributed by atoms with Crippen LogP contribution in [0.25, 0.3) is 39.7 Å². The predicted octanol–water partition coefficient (Wildman–Crippen LogP) is 3.66. The molecular formula is C87H94N10O23. The molecule has 3 amide bonds. The summed E-state index contributed by atoms with van der Waals surface area (Å²) in [6, 6.07) is 20.8. The van der Waals surface area contributed by atoms with Crippen LogP contribution in [0.3, 0.4) is 0 Å². The van der Waals surface area contributed by atoms with Crippen LogP contribution in [0.15, 0.2) is 146 Å². The van der Waals surface area contributed by atoms with Crippen molar-refractivity contribution in [1.29, 1.82) is 0 Å². The third-order valence-corrected chi connectivity index (χ3v) is 24.9. The van der Waals surface area contributed by atoms with Gasteiger partial charge in [-0.1, -0.05) is 32.0 Å². The highest BCUT2D eigenvalue weighted by Crippen LogP contribution is 2.58. The monoisotopic (exact) mass is 1650 g/mol. The zero-order valence-corrected chi connectivity index (χ0v) is 67.2. The maximum atomic E-state index is 14.1. The lowest BCUT2D eigenvalue weighted by Gasteiger charge is -2.50. The lowest BCUT2D eigenvalue weighted by molar-refractivity contribution is -0.155.